The molecule has 34 heavy (non-hydrogen) atoms. The van der Waals surface area contributed by atoms with Crippen LogP contribution in [0.15, 0.2) is 43.0 Å². The van der Waals surface area contributed by atoms with Crippen molar-refractivity contribution in [2.45, 2.75) is 32.1 Å². The Morgan fingerprint density at radius 1 is 1.18 bits per heavy atom. The maximum absolute atomic E-state index is 12.8. The molecular weight excluding hydrogens is 432 g/mol. The number of carbonyl (C=O) groups is 1. The number of hydrogen-bond acceptors (Lipinski definition) is 7. The number of rotatable bonds is 7. The molecule has 2 aromatic heterocycles. The first-order valence-electron chi connectivity index (χ1n) is 11.5. The molecule has 4 heterocycles. The van der Waals surface area contributed by atoms with Gasteiger partial charge in [-0.15, -0.1) is 10.2 Å². The molecule has 1 atom stereocenters. The lowest BCUT2D eigenvalue weighted by Crippen LogP contribution is -2.25. The molecule has 3 aromatic rings. The number of aryl methyl sites for hydroxylation is 1. The van der Waals surface area contributed by atoms with Crippen LogP contribution in [0.4, 0.5) is 11.6 Å². The van der Waals surface area contributed by atoms with Crippen LogP contribution >= 0.6 is 0 Å². The van der Waals surface area contributed by atoms with Gasteiger partial charge in [0.15, 0.2) is 23.1 Å². The molecular formula is C25H28N6O3. The molecule has 0 aliphatic carbocycles. The maximum atomic E-state index is 12.8. The van der Waals surface area contributed by atoms with Crippen LogP contribution in [0.3, 0.4) is 0 Å². The smallest absolute Gasteiger partial charge is 0.226 e. The van der Waals surface area contributed by atoms with Crippen LogP contribution < -0.4 is 19.7 Å². The molecule has 1 N–H and O–H groups in total. The van der Waals surface area contributed by atoms with Gasteiger partial charge in [0.1, 0.15) is 12.4 Å². The van der Waals surface area contributed by atoms with Crippen LogP contribution in [0.5, 0.6) is 11.5 Å². The van der Waals surface area contributed by atoms with Gasteiger partial charge in [0.05, 0.1) is 12.8 Å². The van der Waals surface area contributed by atoms with E-state index in [-0.39, 0.29) is 18.2 Å². The number of methoxy groups -OCH3 is 1. The number of benzene rings is 1. The highest BCUT2D eigenvalue weighted by atomic mass is 16.5. The van der Waals surface area contributed by atoms with Crippen molar-refractivity contribution in [3.8, 4) is 17.3 Å². The normalized spacial score (nSPS) is 17.3. The second-order valence-electron chi connectivity index (χ2n) is 8.49. The molecule has 0 saturated carbocycles. The first kappa shape index (κ1) is 21.9. The molecule has 5 rings (SSSR count). The zero-order valence-electron chi connectivity index (χ0n) is 19.5. The molecule has 9 heteroatoms. The molecule has 1 unspecified atom stereocenters. The minimum atomic E-state index is -0.246. The van der Waals surface area contributed by atoms with Gasteiger partial charge in [-0.05, 0) is 38.0 Å². The van der Waals surface area contributed by atoms with Crippen molar-refractivity contribution in [1.29, 1.82) is 0 Å². The molecule has 0 radical (unpaired) electrons. The Morgan fingerprint density at radius 2 is 1.94 bits per heavy atom. The van der Waals surface area contributed by atoms with Crippen LogP contribution in [-0.4, -0.2) is 52.7 Å². The largest absolute Gasteiger partial charge is 0.493 e. The second-order valence-corrected chi connectivity index (χ2v) is 8.49. The molecule has 9 nitrogen and oxygen atoms in total. The summed E-state index contributed by atoms with van der Waals surface area (Å²) >= 11 is 0. The Hall–Kier alpha value is -3.88. The minimum Gasteiger partial charge on any atom is -0.493 e. The molecule has 2 aliphatic heterocycles. The number of hydrogen-bond donors (Lipinski definition) is 1. The third kappa shape index (κ3) is 3.87. The fraction of sp³-hybridized carbons (Fsp3) is 0.360. The molecule has 1 aromatic carbocycles. The van der Waals surface area contributed by atoms with E-state index in [0.29, 0.717) is 29.7 Å². The second kappa shape index (κ2) is 9.17. The van der Waals surface area contributed by atoms with Gasteiger partial charge in [-0.2, -0.15) is 9.78 Å². The summed E-state index contributed by atoms with van der Waals surface area (Å²) in [7, 11) is 1.60. The summed E-state index contributed by atoms with van der Waals surface area (Å²) in [5.41, 5.74) is 2.61. The van der Waals surface area contributed by atoms with Crippen LogP contribution in [0.2, 0.25) is 0 Å². The lowest BCUT2D eigenvalue weighted by molar-refractivity contribution is -0.116. The van der Waals surface area contributed by atoms with Crippen LogP contribution in [0.1, 0.15) is 42.0 Å². The molecule has 2 aliphatic rings. The number of carbonyl (C=O) groups excluding carboxylic acids is 1. The van der Waals surface area contributed by atoms with Crippen LogP contribution in [0, 0.1) is 6.92 Å². The number of nitrogens with zero attached hydrogens (tertiary/aromatic N) is 5. The number of nitrogens with one attached hydrogen (secondary N) is 1. The van der Waals surface area contributed by atoms with Gasteiger partial charge in [0, 0.05) is 36.6 Å². The zero-order chi connectivity index (χ0) is 23.7. The quantitative estimate of drug-likeness (QED) is 0.538. The van der Waals surface area contributed by atoms with E-state index in [9.17, 15) is 4.79 Å². The van der Waals surface area contributed by atoms with E-state index in [1.165, 1.54) is 12.8 Å². The standard InChI is InChI=1S/C25H28N6O3/c1-4-14-34-24-17(8-7-9-19(24)33-3)18-15-22(32)26-25-23(18)16(2)29-31(25)21-11-10-20(27-28-21)30-12-5-6-13-30/h4,7-11,18H,1,5-6,12-15H2,2-3H3,(H,26,32). The highest BCUT2D eigenvalue weighted by Gasteiger charge is 2.35. The predicted molar refractivity (Wildman–Crippen MR) is 129 cm³/mol. The lowest BCUT2D eigenvalue weighted by atomic mass is 9.85. The molecule has 176 valence electrons. The van der Waals surface area contributed by atoms with Crippen LogP contribution in [-0.2, 0) is 4.79 Å². The fourth-order valence-electron chi connectivity index (χ4n) is 4.79. The first-order chi connectivity index (χ1) is 16.6. The number of aromatic nitrogens is 4. The van der Waals surface area contributed by atoms with Crippen molar-refractivity contribution in [3.05, 3.63) is 59.8 Å². The zero-order valence-corrected chi connectivity index (χ0v) is 19.5. The van der Waals surface area contributed by atoms with Crippen molar-refractivity contribution in [3.63, 3.8) is 0 Å². The molecule has 0 spiro atoms. The average Bonchev–Trinajstić information content (AvgIpc) is 3.51. The number of ether oxygens (including phenoxy) is 2. The Bertz CT molecular complexity index is 1210. The summed E-state index contributed by atoms with van der Waals surface area (Å²) in [4.78, 5) is 15.1. The number of anilines is 2. The van der Waals surface area contributed by atoms with Crippen molar-refractivity contribution in [1.82, 2.24) is 20.0 Å². The predicted octanol–water partition coefficient (Wildman–Crippen LogP) is 3.62. The third-order valence-corrected chi connectivity index (χ3v) is 6.34. The first-order valence-corrected chi connectivity index (χ1v) is 11.5. The van der Waals surface area contributed by atoms with Gasteiger partial charge in [0.25, 0.3) is 0 Å². The lowest BCUT2D eigenvalue weighted by Gasteiger charge is -2.26. The number of para-hydroxylation sites is 1. The molecule has 1 saturated heterocycles. The van der Waals surface area contributed by atoms with E-state index in [2.05, 4.69) is 27.0 Å². The summed E-state index contributed by atoms with van der Waals surface area (Å²) in [6, 6.07) is 9.58. The SMILES string of the molecule is C=CCOc1c(OC)cccc1C1CC(=O)Nc2c1c(C)nn2-c1ccc(N2CCCC2)nn1. The van der Waals surface area contributed by atoms with Gasteiger partial charge >= 0.3 is 0 Å². The minimum absolute atomic E-state index is 0.0993. The van der Waals surface area contributed by atoms with Crippen molar-refractivity contribution >= 4 is 17.5 Å². The molecule has 0 bridgehead atoms. The topological polar surface area (TPSA) is 94.4 Å². The highest BCUT2D eigenvalue weighted by molar-refractivity contribution is 5.95. The summed E-state index contributed by atoms with van der Waals surface area (Å²) in [5, 5.41) is 16.6. The fourth-order valence-corrected chi connectivity index (χ4v) is 4.79. The number of fused-ring (bicyclic) bond motifs is 1. The summed E-state index contributed by atoms with van der Waals surface area (Å²) in [5.74, 6) is 2.91. The van der Waals surface area contributed by atoms with Gasteiger partial charge in [0.2, 0.25) is 5.91 Å². The van der Waals surface area contributed by atoms with Gasteiger partial charge in [-0.3, -0.25) is 4.79 Å². The van der Waals surface area contributed by atoms with Gasteiger partial charge in [-0.25, -0.2) is 0 Å². The summed E-state index contributed by atoms with van der Waals surface area (Å²) in [6.45, 7) is 8.01. The van der Waals surface area contributed by atoms with E-state index in [1.807, 2.05) is 37.3 Å². The van der Waals surface area contributed by atoms with E-state index in [1.54, 1.807) is 17.9 Å². The van der Waals surface area contributed by atoms with Gasteiger partial charge in [-0.1, -0.05) is 24.8 Å². The molecule has 1 fully saturated rings. The summed E-state index contributed by atoms with van der Waals surface area (Å²) in [6.07, 6.45) is 4.30. The Morgan fingerprint density at radius 3 is 2.65 bits per heavy atom. The van der Waals surface area contributed by atoms with Crippen molar-refractivity contribution in [2.75, 3.05) is 37.0 Å². The average molecular weight is 461 g/mol. The Kier molecular flexibility index (Phi) is 5.91. The van der Waals surface area contributed by atoms with E-state index < -0.39 is 0 Å². The van der Waals surface area contributed by atoms with E-state index in [4.69, 9.17) is 14.6 Å². The van der Waals surface area contributed by atoms with Crippen molar-refractivity contribution in [2.24, 2.45) is 0 Å². The van der Waals surface area contributed by atoms with Crippen LogP contribution in [0.25, 0.3) is 5.82 Å². The van der Waals surface area contributed by atoms with Gasteiger partial charge < -0.3 is 19.7 Å². The van der Waals surface area contributed by atoms with Crippen molar-refractivity contribution < 1.29 is 14.3 Å². The Labute approximate surface area is 198 Å². The monoisotopic (exact) mass is 460 g/mol. The summed E-state index contributed by atoms with van der Waals surface area (Å²) < 4.78 is 13.2. The Balaban J connectivity index is 1.56. The van der Waals surface area contributed by atoms with E-state index in [0.717, 1.165) is 35.7 Å². The van der Waals surface area contributed by atoms with E-state index >= 15 is 0 Å². The maximum Gasteiger partial charge on any atom is 0.226 e. The highest BCUT2D eigenvalue weighted by Crippen LogP contribution is 2.45. The third-order valence-electron chi connectivity index (χ3n) is 6.34. The molecule has 1 amide bonds. The number of amides is 1.